The van der Waals surface area contributed by atoms with E-state index in [9.17, 15) is 9.90 Å². The van der Waals surface area contributed by atoms with E-state index in [1.807, 2.05) is 0 Å². The number of aliphatic hydroxyl groups is 2. The first-order valence-electron chi connectivity index (χ1n) is 6.04. The van der Waals surface area contributed by atoms with Crippen LogP contribution in [0, 0.1) is 5.92 Å². The Bertz CT molecular complexity index is 618. The van der Waals surface area contributed by atoms with Crippen molar-refractivity contribution in [3.8, 4) is 0 Å². The fraction of sp³-hybridized carbons (Fsp3) is 0.500. The number of fused-ring (bicyclic) bond motifs is 1. The zero-order valence-electron chi connectivity index (χ0n) is 9.76. The van der Waals surface area contributed by atoms with Gasteiger partial charge in [0.25, 0.3) is 5.56 Å². The van der Waals surface area contributed by atoms with E-state index < -0.39 is 6.10 Å². The van der Waals surface area contributed by atoms with Gasteiger partial charge < -0.3 is 20.2 Å². The van der Waals surface area contributed by atoms with Crippen LogP contribution in [-0.2, 0) is 0 Å². The van der Waals surface area contributed by atoms with Gasteiger partial charge in [-0.15, -0.1) is 0 Å². The number of aromatic nitrogens is 3. The summed E-state index contributed by atoms with van der Waals surface area (Å²) in [6.07, 6.45) is 3.94. The van der Waals surface area contributed by atoms with Gasteiger partial charge in [0.2, 0.25) is 0 Å². The van der Waals surface area contributed by atoms with Crippen LogP contribution in [0.4, 0.5) is 0 Å². The quantitative estimate of drug-likeness (QED) is 0.606. The molecule has 18 heavy (non-hydrogen) atoms. The van der Waals surface area contributed by atoms with Gasteiger partial charge >= 0.3 is 0 Å². The van der Waals surface area contributed by atoms with Crippen molar-refractivity contribution in [2.45, 2.75) is 24.9 Å². The molecule has 1 saturated carbocycles. The van der Waals surface area contributed by atoms with E-state index in [0.717, 1.165) is 12.0 Å². The zero-order chi connectivity index (χ0) is 12.7. The molecule has 1 fully saturated rings. The second-order valence-electron chi connectivity index (χ2n) is 4.89. The number of aliphatic hydroxyl groups excluding tert-OH is 2. The normalized spacial score (nSPS) is 28.0. The Morgan fingerprint density at radius 3 is 2.94 bits per heavy atom. The second kappa shape index (κ2) is 4.22. The molecule has 96 valence electrons. The van der Waals surface area contributed by atoms with E-state index in [1.54, 1.807) is 6.20 Å². The largest absolute Gasteiger partial charge is 0.396 e. The molecule has 2 heterocycles. The van der Waals surface area contributed by atoms with Crippen LogP contribution in [0.2, 0.25) is 0 Å². The van der Waals surface area contributed by atoms with Gasteiger partial charge in [-0.1, -0.05) is 0 Å². The molecule has 0 saturated heterocycles. The number of rotatable bonds is 2. The lowest BCUT2D eigenvalue weighted by Gasteiger charge is -2.12. The number of nitrogens with zero attached hydrogens (tertiary/aromatic N) is 1. The van der Waals surface area contributed by atoms with Crippen molar-refractivity contribution >= 4 is 11.0 Å². The molecule has 1 aliphatic rings. The highest BCUT2D eigenvalue weighted by Gasteiger charge is 2.35. The molecule has 0 aliphatic heterocycles. The average molecular weight is 249 g/mol. The lowest BCUT2D eigenvalue weighted by atomic mass is 9.96. The summed E-state index contributed by atoms with van der Waals surface area (Å²) >= 11 is 0. The molecular formula is C12H15N3O3. The van der Waals surface area contributed by atoms with Crippen molar-refractivity contribution in [1.29, 1.82) is 0 Å². The molecule has 6 heteroatoms. The maximum Gasteiger partial charge on any atom is 0.275 e. The van der Waals surface area contributed by atoms with E-state index in [0.29, 0.717) is 17.5 Å². The Balaban J connectivity index is 2.05. The first kappa shape index (κ1) is 11.4. The molecule has 3 rings (SSSR count). The maximum atomic E-state index is 11.6. The van der Waals surface area contributed by atoms with Gasteiger partial charge in [-0.3, -0.25) is 4.79 Å². The molecule has 0 spiro atoms. The Kier molecular flexibility index (Phi) is 2.68. The maximum absolute atomic E-state index is 11.6. The molecule has 0 bridgehead atoms. The van der Waals surface area contributed by atoms with Gasteiger partial charge in [0.15, 0.2) is 0 Å². The minimum Gasteiger partial charge on any atom is -0.396 e. The highest BCUT2D eigenvalue weighted by molar-refractivity contribution is 5.78. The van der Waals surface area contributed by atoms with E-state index in [1.165, 1.54) is 6.33 Å². The van der Waals surface area contributed by atoms with Crippen LogP contribution in [0.25, 0.3) is 11.0 Å². The lowest BCUT2D eigenvalue weighted by molar-refractivity contribution is 0.152. The summed E-state index contributed by atoms with van der Waals surface area (Å²) in [6.45, 7) is 0.0872. The van der Waals surface area contributed by atoms with Gasteiger partial charge in [-0.25, -0.2) is 4.98 Å². The summed E-state index contributed by atoms with van der Waals surface area (Å²) in [5.74, 6) is 0.0575. The van der Waals surface area contributed by atoms with Crippen LogP contribution in [0.1, 0.15) is 24.3 Å². The molecular weight excluding hydrogens is 234 g/mol. The third kappa shape index (κ3) is 1.65. The highest BCUT2D eigenvalue weighted by atomic mass is 16.3. The summed E-state index contributed by atoms with van der Waals surface area (Å²) in [5, 5.41) is 19.2. The van der Waals surface area contributed by atoms with Crippen molar-refractivity contribution in [3.05, 3.63) is 28.4 Å². The second-order valence-corrected chi connectivity index (χ2v) is 4.89. The standard InChI is InChI=1S/C12H15N3O3/c16-4-6-1-7(9(17)2-6)8-3-13-11-10(8)14-5-15-12(11)18/h3,5-7,9,13,16-17H,1-2,4H2,(H,14,15,18)/t6-,7-,9+/m0/s1. The van der Waals surface area contributed by atoms with Crippen LogP contribution in [-0.4, -0.2) is 37.9 Å². The smallest absolute Gasteiger partial charge is 0.275 e. The molecule has 2 aromatic heterocycles. The first-order valence-corrected chi connectivity index (χ1v) is 6.04. The fourth-order valence-corrected chi connectivity index (χ4v) is 2.85. The van der Waals surface area contributed by atoms with Crippen molar-refractivity contribution in [3.63, 3.8) is 0 Å². The van der Waals surface area contributed by atoms with Gasteiger partial charge in [-0.2, -0.15) is 0 Å². The zero-order valence-corrected chi connectivity index (χ0v) is 9.76. The Morgan fingerprint density at radius 2 is 2.22 bits per heavy atom. The molecule has 4 N–H and O–H groups in total. The van der Waals surface area contributed by atoms with Crippen LogP contribution < -0.4 is 5.56 Å². The average Bonchev–Trinajstić information content (AvgIpc) is 2.93. The van der Waals surface area contributed by atoms with E-state index in [-0.39, 0.29) is 24.0 Å². The third-order valence-corrected chi connectivity index (χ3v) is 3.78. The summed E-state index contributed by atoms with van der Waals surface area (Å²) in [4.78, 5) is 21.2. The van der Waals surface area contributed by atoms with Crippen molar-refractivity contribution in [1.82, 2.24) is 15.0 Å². The van der Waals surface area contributed by atoms with Crippen molar-refractivity contribution < 1.29 is 10.2 Å². The summed E-state index contributed by atoms with van der Waals surface area (Å²) in [7, 11) is 0. The van der Waals surface area contributed by atoms with Crippen molar-refractivity contribution in [2.75, 3.05) is 6.61 Å². The molecule has 6 nitrogen and oxygen atoms in total. The third-order valence-electron chi connectivity index (χ3n) is 3.78. The number of H-pyrrole nitrogens is 2. The molecule has 3 atom stereocenters. The summed E-state index contributed by atoms with van der Waals surface area (Å²) in [6, 6.07) is 0. The molecule has 2 aromatic rings. The molecule has 0 aromatic carbocycles. The Morgan fingerprint density at radius 1 is 1.39 bits per heavy atom. The van der Waals surface area contributed by atoms with Gasteiger partial charge in [0, 0.05) is 24.3 Å². The van der Waals surface area contributed by atoms with Gasteiger partial charge in [-0.05, 0) is 18.8 Å². The van der Waals surface area contributed by atoms with E-state index in [4.69, 9.17) is 5.11 Å². The van der Waals surface area contributed by atoms with E-state index in [2.05, 4.69) is 15.0 Å². The molecule has 0 radical (unpaired) electrons. The lowest BCUT2D eigenvalue weighted by Crippen LogP contribution is -2.11. The summed E-state index contributed by atoms with van der Waals surface area (Å²) in [5.41, 5.74) is 1.70. The van der Waals surface area contributed by atoms with Gasteiger partial charge in [0.1, 0.15) is 5.52 Å². The monoisotopic (exact) mass is 249 g/mol. The fourth-order valence-electron chi connectivity index (χ4n) is 2.85. The number of hydrogen-bond acceptors (Lipinski definition) is 4. The number of hydrogen-bond donors (Lipinski definition) is 4. The highest BCUT2D eigenvalue weighted by Crippen LogP contribution is 2.40. The Labute approximate surface area is 103 Å². The minimum atomic E-state index is -0.484. The molecule has 0 amide bonds. The van der Waals surface area contributed by atoms with E-state index >= 15 is 0 Å². The summed E-state index contributed by atoms with van der Waals surface area (Å²) < 4.78 is 0. The molecule has 0 unspecified atom stereocenters. The topological polar surface area (TPSA) is 102 Å². The number of nitrogens with one attached hydrogen (secondary N) is 2. The predicted octanol–water partition coefficient (Wildman–Crippen LogP) is 0.0980. The Hall–Kier alpha value is -1.66. The van der Waals surface area contributed by atoms with Crippen LogP contribution in [0.15, 0.2) is 17.3 Å². The minimum absolute atomic E-state index is 0.0646. The van der Waals surface area contributed by atoms with Crippen LogP contribution in [0.5, 0.6) is 0 Å². The predicted molar refractivity (Wildman–Crippen MR) is 65.3 cm³/mol. The number of aromatic amines is 2. The van der Waals surface area contributed by atoms with Crippen LogP contribution in [0.3, 0.4) is 0 Å². The first-order chi connectivity index (χ1) is 8.70. The molecule has 1 aliphatic carbocycles. The van der Waals surface area contributed by atoms with Crippen molar-refractivity contribution in [2.24, 2.45) is 5.92 Å². The van der Waals surface area contributed by atoms with Crippen LogP contribution >= 0.6 is 0 Å². The van der Waals surface area contributed by atoms with Gasteiger partial charge in [0.05, 0.1) is 17.9 Å². The SMILES string of the molecule is O=c1[nH]cnc2c([C@@H]3C[C@H](CO)C[C@H]3O)c[nH]c12.